The maximum atomic E-state index is 6.22. The van der Waals surface area contributed by atoms with Crippen molar-refractivity contribution in [1.29, 1.82) is 0 Å². The van der Waals surface area contributed by atoms with Crippen molar-refractivity contribution in [2.24, 2.45) is 0 Å². The van der Waals surface area contributed by atoms with Gasteiger partial charge in [0.1, 0.15) is 4.34 Å². The van der Waals surface area contributed by atoms with E-state index in [-0.39, 0.29) is 0 Å². The highest BCUT2D eigenvalue weighted by Gasteiger charge is 2.29. The van der Waals surface area contributed by atoms with Crippen molar-refractivity contribution < 1.29 is 0 Å². The first-order valence-corrected chi connectivity index (χ1v) is 8.86. The lowest BCUT2D eigenvalue weighted by molar-refractivity contribution is 0.408. The third kappa shape index (κ3) is 2.96. The number of hydrogen-bond acceptors (Lipinski definition) is 2. The summed E-state index contributed by atoms with van der Waals surface area (Å²) >= 11 is 11.5. The number of piperidine rings is 1. The van der Waals surface area contributed by atoms with Crippen LogP contribution in [-0.2, 0) is 0 Å². The second kappa shape index (κ2) is 6.18. The molecule has 1 aliphatic rings. The summed E-state index contributed by atoms with van der Waals surface area (Å²) in [6.45, 7) is 4.26. The minimum absolute atomic E-state index is 0.533. The number of aryl methyl sites for hydroxylation is 1. The first-order valence-electron chi connectivity index (χ1n) is 6.87. The van der Waals surface area contributed by atoms with Crippen LogP contribution in [-0.4, -0.2) is 13.1 Å². The van der Waals surface area contributed by atoms with Gasteiger partial charge in [0.25, 0.3) is 0 Å². The van der Waals surface area contributed by atoms with E-state index in [1.165, 1.54) is 22.4 Å². The molecule has 1 saturated heterocycles. The smallest absolute Gasteiger partial charge is 0.107 e. The normalized spacial score (nSPS) is 22.9. The summed E-state index contributed by atoms with van der Waals surface area (Å²) in [6.07, 6.45) is 1.17. The molecular weight excluding hydrogens is 354 g/mol. The molecule has 0 spiro atoms. The van der Waals surface area contributed by atoms with E-state index in [4.69, 9.17) is 11.6 Å². The van der Waals surface area contributed by atoms with Gasteiger partial charge >= 0.3 is 0 Å². The zero-order chi connectivity index (χ0) is 14.1. The molecule has 1 fully saturated rings. The second-order valence-electron chi connectivity index (χ2n) is 5.39. The minimum atomic E-state index is 0.533. The number of halogens is 2. The summed E-state index contributed by atoms with van der Waals surface area (Å²) in [6, 6.07) is 11.1. The number of benzene rings is 1. The predicted octanol–water partition coefficient (Wildman–Crippen LogP) is 5.33. The Morgan fingerprint density at radius 2 is 2.00 bits per heavy atom. The maximum Gasteiger partial charge on any atom is 0.107 e. The summed E-state index contributed by atoms with van der Waals surface area (Å²) < 4.78 is 1.89. The molecular formula is C16H17BrClNS. The number of nitrogens with one attached hydrogen (secondary N) is 1. The molecule has 3 rings (SSSR count). The Labute approximate surface area is 137 Å². The van der Waals surface area contributed by atoms with Crippen LogP contribution in [0.1, 0.15) is 34.3 Å². The lowest BCUT2D eigenvalue weighted by Crippen LogP contribution is -2.33. The molecule has 2 aromatic rings. The van der Waals surface area contributed by atoms with Crippen molar-refractivity contribution in [3.63, 3.8) is 0 Å². The van der Waals surface area contributed by atoms with Crippen molar-refractivity contribution in [2.75, 3.05) is 13.1 Å². The van der Waals surface area contributed by atoms with Crippen LogP contribution >= 0.6 is 38.9 Å². The number of thiophene rings is 1. The van der Waals surface area contributed by atoms with Crippen LogP contribution in [0.2, 0.25) is 4.34 Å². The van der Waals surface area contributed by atoms with Gasteiger partial charge < -0.3 is 5.32 Å². The van der Waals surface area contributed by atoms with Crippen LogP contribution in [0.5, 0.6) is 0 Å². The standard InChI is InChI=1S/C16H17BrClNS/c1-10-2-4-11(5-3-10)13-9-19-7-6-12(13)15-8-14(17)16(18)20-15/h2-5,8,12-13,19H,6-7,9H2,1H3. The van der Waals surface area contributed by atoms with E-state index in [1.54, 1.807) is 11.3 Å². The van der Waals surface area contributed by atoms with E-state index in [9.17, 15) is 0 Å². The Kier molecular flexibility index (Phi) is 4.51. The quantitative estimate of drug-likeness (QED) is 0.753. The van der Waals surface area contributed by atoms with Crippen molar-refractivity contribution in [2.45, 2.75) is 25.2 Å². The van der Waals surface area contributed by atoms with Gasteiger partial charge in [-0.2, -0.15) is 0 Å². The van der Waals surface area contributed by atoms with Crippen molar-refractivity contribution in [3.8, 4) is 0 Å². The molecule has 0 saturated carbocycles. The Morgan fingerprint density at radius 1 is 1.25 bits per heavy atom. The number of rotatable bonds is 2. The molecule has 2 heterocycles. The van der Waals surface area contributed by atoms with Gasteiger partial charge in [-0.05, 0) is 47.4 Å². The lowest BCUT2D eigenvalue weighted by Gasteiger charge is -2.32. The Balaban J connectivity index is 1.92. The molecule has 20 heavy (non-hydrogen) atoms. The van der Waals surface area contributed by atoms with Gasteiger partial charge in [0, 0.05) is 27.7 Å². The fourth-order valence-electron chi connectivity index (χ4n) is 2.91. The van der Waals surface area contributed by atoms with Gasteiger partial charge in [-0.3, -0.25) is 0 Å². The Morgan fingerprint density at radius 3 is 2.65 bits per heavy atom. The molecule has 1 aromatic carbocycles. The highest BCUT2D eigenvalue weighted by atomic mass is 79.9. The first-order chi connectivity index (χ1) is 9.65. The first kappa shape index (κ1) is 14.6. The fraction of sp³-hybridized carbons (Fsp3) is 0.375. The van der Waals surface area contributed by atoms with E-state index in [2.05, 4.69) is 58.5 Å². The zero-order valence-electron chi connectivity index (χ0n) is 11.3. The lowest BCUT2D eigenvalue weighted by atomic mass is 9.80. The molecule has 4 heteroatoms. The highest BCUT2D eigenvalue weighted by Crippen LogP contribution is 2.44. The second-order valence-corrected chi connectivity index (χ2v) is 7.93. The van der Waals surface area contributed by atoms with Gasteiger partial charge in [-0.15, -0.1) is 11.3 Å². The highest BCUT2D eigenvalue weighted by molar-refractivity contribution is 9.10. The van der Waals surface area contributed by atoms with Gasteiger partial charge in [0.15, 0.2) is 0 Å². The Hall–Kier alpha value is -0.350. The molecule has 1 aromatic heterocycles. The molecule has 0 amide bonds. The summed E-state index contributed by atoms with van der Waals surface area (Å²) in [5.74, 6) is 1.10. The van der Waals surface area contributed by atoms with Crippen LogP contribution in [0.4, 0.5) is 0 Å². The Bertz CT molecular complexity index is 574. The molecule has 2 atom stereocenters. The zero-order valence-corrected chi connectivity index (χ0v) is 14.5. The molecule has 2 unspecified atom stereocenters. The largest absolute Gasteiger partial charge is 0.316 e. The SMILES string of the molecule is Cc1ccc(C2CNCCC2c2cc(Br)c(Cl)s2)cc1. The van der Waals surface area contributed by atoms with E-state index >= 15 is 0 Å². The van der Waals surface area contributed by atoms with Crippen LogP contribution < -0.4 is 5.32 Å². The van der Waals surface area contributed by atoms with Crippen LogP contribution in [0.15, 0.2) is 34.8 Å². The van der Waals surface area contributed by atoms with E-state index in [0.717, 1.165) is 21.9 Å². The van der Waals surface area contributed by atoms with E-state index in [0.29, 0.717) is 11.8 Å². The third-order valence-electron chi connectivity index (χ3n) is 4.02. The van der Waals surface area contributed by atoms with Crippen molar-refractivity contribution in [3.05, 3.63) is 55.1 Å². The van der Waals surface area contributed by atoms with E-state index in [1.807, 2.05) is 0 Å². The fourth-order valence-corrected chi connectivity index (χ4v) is 4.85. The summed E-state index contributed by atoms with van der Waals surface area (Å²) in [5, 5.41) is 3.53. The van der Waals surface area contributed by atoms with Crippen LogP contribution in [0.25, 0.3) is 0 Å². The molecule has 0 radical (unpaired) electrons. The maximum absolute atomic E-state index is 6.22. The summed E-state index contributed by atoms with van der Waals surface area (Å²) in [7, 11) is 0. The predicted molar refractivity (Wildman–Crippen MR) is 91.2 cm³/mol. The van der Waals surface area contributed by atoms with E-state index < -0.39 is 0 Å². The van der Waals surface area contributed by atoms with Crippen molar-refractivity contribution in [1.82, 2.24) is 5.32 Å². The molecule has 1 nitrogen and oxygen atoms in total. The summed E-state index contributed by atoms with van der Waals surface area (Å²) in [5.41, 5.74) is 2.74. The van der Waals surface area contributed by atoms with Crippen molar-refractivity contribution >= 4 is 38.9 Å². The molecule has 1 aliphatic heterocycles. The average molecular weight is 371 g/mol. The molecule has 106 valence electrons. The van der Waals surface area contributed by atoms with Gasteiger partial charge in [0.05, 0.1) is 0 Å². The molecule has 1 N–H and O–H groups in total. The van der Waals surface area contributed by atoms with Gasteiger partial charge in [-0.25, -0.2) is 0 Å². The minimum Gasteiger partial charge on any atom is -0.316 e. The van der Waals surface area contributed by atoms with Crippen LogP contribution in [0, 0.1) is 6.92 Å². The average Bonchev–Trinajstić information content (AvgIpc) is 2.79. The number of hydrogen-bond donors (Lipinski definition) is 1. The topological polar surface area (TPSA) is 12.0 Å². The molecule has 0 aliphatic carbocycles. The third-order valence-corrected chi connectivity index (χ3v) is 6.62. The molecule has 0 bridgehead atoms. The van der Waals surface area contributed by atoms with Gasteiger partial charge in [-0.1, -0.05) is 41.4 Å². The summed E-state index contributed by atoms with van der Waals surface area (Å²) in [4.78, 5) is 1.40. The van der Waals surface area contributed by atoms with Crippen LogP contribution in [0.3, 0.4) is 0 Å². The van der Waals surface area contributed by atoms with Gasteiger partial charge in [0.2, 0.25) is 0 Å². The monoisotopic (exact) mass is 369 g/mol.